The van der Waals surface area contributed by atoms with Crippen molar-refractivity contribution in [1.29, 1.82) is 10.5 Å². The SMILES string of the molecule is Cc1ccc2c(c1)c1cc(C)ccc1n2-c1cc(-c2cccc(C#N)c2)cc(-n2c3ccc(C(F)(F)F)cc3c3cc(C(F)(F)F)ccc32)c1C#N. The Bertz CT molecular complexity index is 2740. The van der Waals surface area contributed by atoms with E-state index in [-0.39, 0.29) is 33.1 Å². The van der Waals surface area contributed by atoms with Crippen LogP contribution in [-0.2, 0) is 12.4 Å². The molecule has 254 valence electrons. The third kappa shape index (κ3) is 5.15. The second-order valence-electron chi connectivity index (χ2n) is 12.9. The van der Waals surface area contributed by atoms with E-state index >= 15 is 0 Å². The van der Waals surface area contributed by atoms with Crippen molar-refractivity contribution < 1.29 is 26.3 Å². The average molecular weight is 699 g/mol. The lowest BCUT2D eigenvalue weighted by Crippen LogP contribution is -2.06. The highest BCUT2D eigenvalue weighted by Crippen LogP contribution is 2.43. The summed E-state index contributed by atoms with van der Waals surface area (Å²) in [5.74, 6) is 0. The van der Waals surface area contributed by atoms with Crippen molar-refractivity contribution in [3.63, 3.8) is 0 Å². The van der Waals surface area contributed by atoms with Crippen LogP contribution in [0.5, 0.6) is 0 Å². The van der Waals surface area contributed by atoms with E-state index in [1.54, 1.807) is 34.9 Å². The first kappa shape index (κ1) is 32.7. The zero-order chi connectivity index (χ0) is 36.7. The molecule has 8 aromatic rings. The molecule has 0 radical (unpaired) electrons. The third-order valence-corrected chi connectivity index (χ3v) is 9.51. The Balaban J connectivity index is 1.56. The summed E-state index contributed by atoms with van der Waals surface area (Å²) in [5, 5.41) is 22.5. The Morgan fingerprint density at radius 3 is 1.35 bits per heavy atom. The first-order valence-electron chi connectivity index (χ1n) is 16.1. The highest BCUT2D eigenvalue weighted by Gasteiger charge is 2.34. The maximum absolute atomic E-state index is 14.0. The number of hydrogen-bond acceptors (Lipinski definition) is 2. The van der Waals surface area contributed by atoms with Crippen molar-refractivity contribution in [2.45, 2.75) is 26.2 Å². The van der Waals surface area contributed by atoms with Crippen LogP contribution in [-0.4, -0.2) is 9.13 Å². The zero-order valence-corrected chi connectivity index (χ0v) is 27.4. The van der Waals surface area contributed by atoms with Gasteiger partial charge in [-0.25, -0.2) is 0 Å². The quantitative estimate of drug-likeness (QED) is 0.173. The lowest BCUT2D eigenvalue weighted by atomic mass is 9.98. The zero-order valence-electron chi connectivity index (χ0n) is 27.4. The summed E-state index contributed by atoms with van der Waals surface area (Å²) in [7, 11) is 0. The highest BCUT2D eigenvalue weighted by atomic mass is 19.4. The Hall–Kier alpha value is -6.52. The van der Waals surface area contributed by atoms with Gasteiger partial charge in [-0.3, -0.25) is 0 Å². The molecule has 4 nitrogen and oxygen atoms in total. The molecule has 0 spiro atoms. The van der Waals surface area contributed by atoms with Gasteiger partial charge in [0.15, 0.2) is 0 Å². The first-order valence-corrected chi connectivity index (χ1v) is 16.1. The Morgan fingerprint density at radius 1 is 0.481 bits per heavy atom. The molecule has 0 amide bonds. The molecule has 0 atom stereocenters. The average Bonchev–Trinajstić information content (AvgIpc) is 3.61. The standard InChI is InChI=1S/C42H24F6N4/c1-23-6-10-35-30(14-23)31-15-24(2)7-11-36(31)51(35)39-17-27(26-5-3-4-25(16-26)21-49)18-40(34(39)22-50)52-37-12-8-28(41(43,44)45)19-32(37)33-20-29(42(46,47)48)9-13-38(33)52/h3-20H,1-2H3. The van der Waals surface area contributed by atoms with Crippen LogP contribution in [0.3, 0.4) is 0 Å². The maximum Gasteiger partial charge on any atom is 0.416 e. The van der Waals surface area contributed by atoms with Crippen LogP contribution in [0.25, 0.3) is 66.1 Å². The lowest BCUT2D eigenvalue weighted by molar-refractivity contribution is -0.138. The minimum Gasteiger partial charge on any atom is -0.308 e. The van der Waals surface area contributed by atoms with E-state index in [1.807, 2.05) is 48.7 Å². The van der Waals surface area contributed by atoms with Gasteiger partial charge >= 0.3 is 12.4 Å². The van der Waals surface area contributed by atoms with Gasteiger partial charge in [-0.2, -0.15) is 36.9 Å². The molecule has 52 heavy (non-hydrogen) atoms. The number of hydrogen-bond donors (Lipinski definition) is 0. The highest BCUT2D eigenvalue weighted by molar-refractivity contribution is 6.11. The largest absolute Gasteiger partial charge is 0.416 e. The summed E-state index contributed by atoms with van der Waals surface area (Å²) >= 11 is 0. The van der Waals surface area contributed by atoms with Crippen LogP contribution >= 0.6 is 0 Å². The summed E-state index contributed by atoms with van der Waals surface area (Å²) < 4.78 is 87.5. The molecular weight excluding hydrogens is 674 g/mol. The number of alkyl halides is 6. The minimum atomic E-state index is -4.76. The summed E-state index contributed by atoms with van der Waals surface area (Å²) in [4.78, 5) is 0. The van der Waals surface area contributed by atoms with Gasteiger partial charge in [-0.05, 0) is 110 Å². The maximum atomic E-state index is 14.0. The van der Waals surface area contributed by atoms with Crippen molar-refractivity contribution in [2.75, 3.05) is 0 Å². The van der Waals surface area contributed by atoms with Crippen LogP contribution in [0, 0.1) is 36.5 Å². The van der Waals surface area contributed by atoms with E-state index in [1.165, 1.54) is 12.1 Å². The molecule has 2 heterocycles. The number of benzene rings is 6. The fourth-order valence-electron chi connectivity index (χ4n) is 7.16. The third-order valence-electron chi connectivity index (χ3n) is 9.51. The van der Waals surface area contributed by atoms with E-state index in [2.05, 4.69) is 24.3 Å². The molecule has 0 N–H and O–H groups in total. The molecule has 2 aromatic heterocycles. The summed E-state index contributed by atoms with van der Waals surface area (Å²) in [6.45, 7) is 3.97. The Kier molecular flexibility index (Phi) is 7.23. The molecule has 10 heteroatoms. The number of rotatable bonds is 3. The van der Waals surface area contributed by atoms with Crippen LogP contribution in [0.2, 0.25) is 0 Å². The van der Waals surface area contributed by atoms with Gasteiger partial charge in [0, 0.05) is 21.5 Å². The second kappa shape index (κ2) is 11.5. The van der Waals surface area contributed by atoms with E-state index < -0.39 is 23.5 Å². The number of halogens is 6. The molecular formula is C42H24F6N4. The van der Waals surface area contributed by atoms with Gasteiger partial charge in [-0.15, -0.1) is 0 Å². The van der Waals surface area contributed by atoms with Crippen molar-refractivity contribution in [1.82, 2.24) is 9.13 Å². The fraction of sp³-hybridized carbons (Fsp3) is 0.0952. The van der Waals surface area contributed by atoms with Gasteiger partial charge < -0.3 is 9.13 Å². The summed E-state index contributed by atoms with van der Waals surface area (Å²) in [5.41, 5.74) is 4.37. The van der Waals surface area contributed by atoms with E-state index in [4.69, 9.17) is 0 Å². The molecule has 0 aliphatic heterocycles. The van der Waals surface area contributed by atoms with Crippen molar-refractivity contribution in [3.8, 4) is 34.6 Å². The predicted octanol–water partition coefficient (Wildman–Crippen LogP) is 11.9. The van der Waals surface area contributed by atoms with Gasteiger partial charge in [0.05, 0.1) is 56.2 Å². The summed E-state index contributed by atoms with van der Waals surface area (Å²) in [6, 6.07) is 32.7. The smallest absolute Gasteiger partial charge is 0.308 e. The molecule has 0 unspecified atom stereocenters. The fourth-order valence-corrected chi connectivity index (χ4v) is 7.16. The summed E-state index contributed by atoms with van der Waals surface area (Å²) in [6.07, 6.45) is -9.51. The van der Waals surface area contributed by atoms with Crippen molar-refractivity contribution in [2.24, 2.45) is 0 Å². The molecule has 0 saturated carbocycles. The van der Waals surface area contributed by atoms with Crippen LogP contribution in [0.4, 0.5) is 26.3 Å². The van der Waals surface area contributed by atoms with E-state index in [9.17, 15) is 36.9 Å². The topological polar surface area (TPSA) is 57.4 Å². The molecule has 0 aliphatic carbocycles. The molecule has 0 aliphatic rings. The number of nitrogens with zero attached hydrogens (tertiary/aromatic N) is 4. The van der Waals surface area contributed by atoms with Crippen molar-refractivity contribution in [3.05, 3.63) is 143 Å². The monoisotopic (exact) mass is 698 g/mol. The number of aromatic nitrogens is 2. The van der Waals surface area contributed by atoms with Gasteiger partial charge in [0.25, 0.3) is 0 Å². The minimum absolute atomic E-state index is 0.0546. The van der Waals surface area contributed by atoms with Crippen LogP contribution < -0.4 is 0 Å². The van der Waals surface area contributed by atoms with Gasteiger partial charge in [0.2, 0.25) is 0 Å². The van der Waals surface area contributed by atoms with Gasteiger partial charge in [-0.1, -0.05) is 35.4 Å². The molecule has 6 aromatic carbocycles. The Labute approximate surface area is 292 Å². The number of nitriles is 2. The lowest BCUT2D eigenvalue weighted by Gasteiger charge is -2.19. The Morgan fingerprint density at radius 2 is 0.923 bits per heavy atom. The van der Waals surface area contributed by atoms with Crippen LogP contribution in [0.1, 0.15) is 33.4 Å². The van der Waals surface area contributed by atoms with E-state index in [0.29, 0.717) is 22.4 Å². The molecule has 8 rings (SSSR count). The van der Waals surface area contributed by atoms with Gasteiger partial charge in [0.1, 0.15) is 11.6 Å². The second-order valence-corrected chi connectivity index (χ2v) is 12.9. The van der Waals surface area contributed by atoms with Crippen LogP contribution in [0.15, 0.2) is 109 Å². The van der Waals surface area contributed by atoms with Crippen molar-refractivity contribution >= 4 is 43.6 Å². The molecule has 0 fully saturated rings. The molecule has 0 bridgehead atoms. The normalized spacial score (nSPS) is 12.2. The number of fused-ring (bicyclic) bond motifs is 6. The first-order chi connectivity index (χ1) is 24.8. The predicted molar refractivity (Wildman–Crippen MR) is 189 cm³/mol. The molecule has 0 saturated heterocycles. The van der Waals surface area contributed by atoms with E-state index in [0.717, 1.165) is 57.2 Å². The number of aryl methyl sites for hydroxylation is 2.